The highest BCUT2D eigenvalue weighted by atomic mass is 32.2. The zero-order chi connectivity index (χ0) is 20.1. The summed E-state index contributed by atoms with van der Waals surface area (Å²) in [5, 5.41) is -0.115. The molecule has 8 nitrogen and oxygen atoms in total. The van der Waals surface area contributed by atoms with E-state index in [9.17, 15) is 18.0 Å². The second kappa shape index (κ2) is 6.73. The first kappa shape index (κ1) is 18.7. The average Bonchev–Trinajstić information content (AvgIpc) is 3.00. The molecule has 1 saturated heterocycles. The molecule has 4 rings (SSSR count). The number of aromatic nitrogens is 3. The Balaban J connectivity index is 1.78. The lowest BCUT2D eigenvalue weighted by molar-refractivity contribution is 0.0648. The second-order valence-corrected chi connectivity index (χ2v) is 9.62. The summed E-state index contributed by atoms with van der Waals surface area (Å²) in [7, 11) is -3.15. The molecule has 28 heavy (non-hydrogen) atoms. The zero-order valence-electron chi connectivity index (χ0n) is 15.8. The minimum absolute atomic E-state index is 0.0725. The van der Waals surface area contributed by atoms with Crippen LogP contribution in [-0.4, -0.2) is 57.3 Å². The molecule has 0 atom stereocenters. The number of rotatable bonds is 5. The van der Waals surface area contributed by atoms with Crippen molar-refractivity contribution in [2.24, 2.45) is 0 Å². The van der Waals surface area contributed by atoms with Crippen LogP contribution in [-0.2, 0) is 16.4 Å². The number of carbonyl (C=O) groups excluding carboxylic acids is 1. The Hall–Kier alpha value is -2.68. The van der Waals surface area contributed by atoms with Crippen LogP contribution in [0.3, 0.4) is 0 Å². The highest BCUT2D eigenvalue weighted by Crippen LogP contribution is 2.23. The van der Waals surface area contributed by atoms with Crippen LogP contribution in [0.15, 0.2) is 35.3 Å². The highest BCUT2D eigenvalue weighted by molar-refractivity contribution is 7.92. The number of aryl methyl sites for hydroxylation is 1. The summed E-state index contributed by atoms with van der Waals surface area (Å²) in [4.78, 5) is 32.0. The number of sulfone groups is 1. The Labute approximate surface area is 162 Å². The van der Waals surface area contributed by atoms with Gasteiger partial charge in [-0.3, -0.25) is 14.0 Å². The van der Waals surface area contributed by atoms with Crippen LogP contribution in [0.1, 0.15) is 30.8 Å². The van der Waals surface area contributed by atoms with Gasteiger partial charge in [-0.1, -0.05) is 19.9 Å². The summed E-state index contributed by atoms with van der Waals surface area (Å²) in [6.45, 7) is 4.53. The normalized spacial score (nSPS) is 15.3. The molecule has 0 bridgehead atoms. The summed E-state index contributed by atoms with van der Waals surface area (Å²) < 4.78 is 27.2. The van der Waals surface area contributed by atoms with Gasteiger partial charge in [0.1, 0.15) is 17.0 Å². The fraction of sp³-hybridized carbons (Fsp3) is 0.421. The van der Waals surface area contributed by atoms with Crippen LogP contribution in [0.2, 0.25) is 0 Å². The predicted octanol–water partition coefficient (Wildman–Crippen LogP) is 1.32. The minimum Gasteiger partial charge on any atom is -0.335 e. The van der Waals surface area contributed by atoms with E-state index in [1.165, 1.54) is 9.30 Å². The fourth-order valence-corrected chi connectivity index (χ4v) is 4.89. The van der Waals surface area contributed by atoms with Crippen LogP contribution in [0.5, 0.6) is 0 Å². The number of fused-ring (bicyclic) bond motifs is 2. The Morgan fingerprint density at radius 1 is 1.25 bits per heavy atom. The lowest BCUT2D eigenvalue weighted by Gasteiger charge is -2.38. The molecule has 0 N–H and O–H groups in total. The lowest BCUT2D eigenvalue weighted by atomic mass is 10.2. The Kier molecular flexibility index (Phi) is 4.49. The molecule has 1 aliphatic heterocycles. The molecule has 9 heteroatoms. The number of amides is 1. The molecule has 4 heterocycles. The maximum atomic E-state index is 13.0. The summed E-state index contributed by atoms with van der Waals surface area (Å²) in [6, 6.07) is 6.90. The molecule has 0 aliphatic carbocycles. The van der Waals surface area contributed by atoms with Gasteiger partial charge in [0, 0.05) is 31.6 Å². The van der Waals surface area contributed by atoms with E-state index in [0.29, 0.717) is 28.9 Å². The number of pyridine rings is 1. The van der Waals surface area contributed by atoms with Gasteiger partial charge in [-0.15, -0.1) is 0 Å². The van der Waals surface area contributed by atoms with Gasteiger partial charge >= 0.3 is 0 Å². The van der Waals surface area contributed by atoms with E-state index >= 15 is 0 Å². The molecule has 3 aromatic heterocycles. The van der Waals surface area contributed by atoms with Crippen LogP contribution in [0.4, 0.5) is 0 Å². The molecule has 0 spiro atoms. The number of carbonyl (C=O) groups is 1. The van der Waals surface area contributed by atoms with E-state index in [0.717, 1.165) is 6.42 Å². The van der Waals surface area contributed by atoms with Crippen molar-refractivity contribution in [3.05, 3.63) is 46.5 Å². The quantitative estimate of drug-likeness (QED) is 0.642. The number of nitrogens with zero attached hydrogens (tertiary/aromatic N) is 4. The van der Waals surface area contributed by atoms with E-state index in [4.69, 9.17) is 0 Å². The molecule has 1 aliphatic rings. The van der Waals surface area contributed by atoms with Gasteiger partial charge in [-0.25, -0.2) is 13.4 Å². The van der Waals surface area contributed by atoms with Gasteiger partial charge < -0.3 is 9.47 Å². The number of likely N-dealkylation sites (tertiary alicyclic amines) is 1. The summed E-state index contributed by atoms with van der Waals surface area (Å²) >= 11 is 0. The molecule has 1 fully saturated rings. The van der Waals surface area contributed by atoms with Crippen molar-refractivity contribution in [1.29, 1.82) is 0 Å². The average molecular weight is 402 g/mol. The van der Waals surface area contributed by atoms with Crippen molar-refractivity contribution in [3.63, 3.8) is 0 Å². The van der Waals surface area contributed by atoms with Crippen molar-refractivity contribution >= 4 is 32.4 Å². The maximum Gasteiger partial charge on any atom is 0.270 e. The SMILES string of the molecule is CCCn1c(C(=O)N2CC(S(=O)(=O)CC)C2)cc2c(=O)n3ccccc3nc21. The van der Waals surface area contributed by atoms with Crippen molar-refractivity contribution < 1.29 is 13.2 Å². The first-order valence-electron chi connectivity index (χ1n) is 9.38. The lowest BCUT2D eigenvalue weighted by Crippen LogP contribution is -2.57. The second-order valence-electron chi connectivity index (χ2n) is 7.05. The van der Waals surface area contributed by atoms with Crippen LogP contribution in [0, 0.1) is 0 Å². The smallest absolute Gasteiger partial charge is 0.270 e. The zero-order valence-corrected chi connectivity index (χ0v) is 16.6. The van der Waals surface area contributed by atoms with Crippen LogP contribution in [0.25, 0.3) is 16.7 Å². The first-order valence-corrected chi connectivity index (χ1v) is 11.1. The number of hydrogen-bond donors (Lipinski definition) is 0. The summed E-state index contributed by atoms with van der Waals surface area (Å²) in [6.07, 6.45) is 2.42. The highest BCUT2D eigenvalue weighted by Gasteiger charge is 2.40. The standard InChI is InChI=1S/C19H22N4O4S/c1-3-8-22-15(19(25)21-11-13(12-21)28(26,27)4-2)10-14-17(22)20-16-7-5-6-9-23(16)18(14)24/h5-7,9-10,13H,3-4,8,11-12H2,1-2H3. The van der Waals surface area contributed by atoms with Crippen LogP contribution < -0.4 is 5.56 Å². The third-order valence-electron chi connectivity index (χ3n) is 5.29. The molecule has 0 radical (unpaired) electrons. The molecular formula is C19H22N4O4S. The molecule has 148 valence electrons. The Bertz CT molecular complexity index is 1240. The van der Waals surface area contributed by atoms with E-state index in [1.54, 1.807) is 42.0 Å². The summed E-state index contributed by atoms with van der Waals surface area (Å²) in [5.41, 5.74) is 1.16. The topological polar surface area (TPSA) is 93.8 Å². The van der Waals surface area contributed by atoms with E-state index in [1.807, 2.05) is 6.92 Å². The molecule has 3 aromatic rings. The molecule has 0 saturated carbocycles. The van der Waals surface area contributed by atoms with E-state index in [2.05, 4.69) is 4.98 Å². The fourth-order valence-electron chi connectivity index (χ4n) is 3.61. The first-order chi connectivity index (χ1) is 13.4. The van der Waals surface area contributed by atoms with Crippen molar-refractivity contribution in [3.8, 4) is 0 Å². The van der Waals surface area contributed by atoms with Gasteiger partial charge in [0.05, 0.1) is 10.6 Å². The Morgan fingerprint density at radius 3 is 2.68 bits per heavy atom. The molecule has 0 aromatic carbocycles. The van der Waals surface area contributed by atoms with Crippen LogP contribution >= 0.6 is 0 Å². The van der Waals surface area contributed by atoms with Crippen molar-refractivity contribution in [1.82, 2.24) is 18.9 Å². The molecule has 1 amide bonds. The summed E-state index contributed by atoms with van der Waals surface area (Å²) in [5.74, 6) is -0.189. The van der Waals surface area contributed by atoms with Gasteiger partial charge in [0.25, 0.3) is 11.5 Å². The van der Waals surface area contributed by atoms with Crippen molar-refractivity contribution in [2.75, 3.05) is 18.8 Å². The van der Waals surface area contributed by atoms with E-state index in [-0.39, 0.29) is 30.3 Å². The number of hydrogen-bond acceptors (Lipinski definition) is 5. The third kappa shape index (κ3) is 2.81. The maximum absolute atomic E-state index is 13.0. The van der Waals surface area contributed by atoms with Gasteiger partial charge in [0.2, 0.25) is 0 Å². The monoisotopic (exact) mass is 402 g/mol. The van der Waals surface area contributed by atoms with Gasteiger partial charge in [-0.2, -0.15) is 0 Å². The van der Waals surface area contributed by atoms with Gasteiger partial charge in [0.15, 0.2) is 9.84 Å². The minimum atomic E-state index is -3.15. The molecular weight excluding hydrogens is 380 g/mol. The van der Waals surface area contributed by atoms with Crippen molar-refractivity contribution in [2.45, 2.75) is 32.1 Å². The predicted molar refractivity (Wildman–Crippen MR) is 106 cm³/mol. The molecule has 0 unspecified atom stereocenters. The van der Waals surface area contributed by atoms with Gasteiger partial charge in [-0.05, 0) is 24.6 Å². The van der Waals surface area contributed by atoms with E-state index < -0.39 is 15.1 Å². The largest absolute Gasteiger partial charge is 0.335 e. The third-order valence-corrected chi connectivity index (χ3v) is 7.41. The Morgan fingerprint density at radius 2 is 2.00 bits per heavy atom.